The highest BCUT2D eigenvalue weighted by molar-refractivity contribution is 5.41. The summed E-state index contributed by atoms with van der Waals surface area (Å²) in [6.07, 6.45) is 1.90. The van der Waals surface area contributed by atoms with Gasteiger partial charge in [-0.2, -0.15) is 0 Å². The minimum atomic E-state index is -0.379. The molecule has 2 heterocycles. The van der Waals surface area contributed by atoms with Gasteiger partial charge in [-0.15, -0.1) is 0 Å². The number of aliphatic hydroxyl groups is 1. The van der Waals surface area contributed by atoms with Crippen molar-refractivity contribution in [2.45, 2.75) is 50.4 Å². The van der Waals surface area contributed by atoms with Gasteiger partial charge in [0.15, 0.2) is 0 Å². The topological polar surface area (TPSA) is 38.7 Å². The number of fused-ring (bicyclic) bond motifs is 2. The Kier molecular flexibility index (Phi) is 2.65. The molecule has 2 aliphatic rings. The van der Waals surface area contributed by atoms with Gasteiger partial charge in [-0.3, -0.25) is 0 Å². The summed E-state index contributed by atoms with van der Waals surface area (Å²) in [7, 11) is 0. The Morgan fingerprint density at radius 3 is 2.83 bits per heavy atom. The number of para-hydroxylation sites is 1. The van der Waals surface area contributed by atoms with E-state index in [1.807, 2.05) is 18.2 Å². The predicted octanol–water partition coefficient (Wildman–Crippen LogP) is 2.61. The molecule has 3 rings (SSSR count). The van der Waals surface area contributed by atoms with Crippen molar-refractivity contribution in [3.05, 3.63) is 29.8 Å². The quantitative estimate of drug-likeness (QED) is 0.767. The fraction of sp³-hybridized carbons (Fsp3) is 0.600. The minimum absolute atomic E-state index is 0.259. The van der Waals surface area contributed by atoms with E-state index in [4.69, 9.17) is 9.47 Å². The van der Waals surface area contributed by atoms with Gasteiger partial charge in [-0.1, -0.05) is 18.2 Å². The molecule has 0 bridgehead atoms. The molecule has 98 valence electrons. The fourth-order valence-corrected chi connectivity index (χ4v) is 3.29. The lowest BCUT2D eigenvalue weighted by molar-refractivity contribution is -0.162. The van der Waals surface area contributed by atoms with E-state index in [1.54, 1.807) is 0 Å². The number of aliphatic hydroxyl groups excluding tert-OH is 1. The maximum absolute atomic E-state index is 10.0. The molecule has 0 aromatic heterocycles. The van der Waals surface area contributed by atoms with Crippen LogP contribution >= 0.6 is 0 Å². The number of ether oxygens (including phenoxy) is 2. The highest BCUT2D eigenvalue weighted by Gasteiger charge is 2.48. The van der Waals surface area contributed by atoms with Crippen LogP contribution in [0.5, 0.6) is 5.75 Å². The molecule has 0 radical (unpaired) electrons. The second-order valence-corrected chi connectivity index (χ2v) is 6.02. The third-order valence-electron chi connectivity index (χ3n) is 3.87. The largest absolute Gasteiger partial charge is 0.487 e. The Balaban J connectivity index is 2.08. The van der Waals surface area contributed by atoms with E-state index in [2.05, 4.69) is 19.9 Å². The minimum Gasteiger partial charge on any atom is -0.487 e. The van der Waals surface area contributed by atoms with E-state index in [1.165, 1.54) is 0 Å². The summed E-state index contributed by atoms with van der Waals surface area (Å²) >= 11 is 0. The van der Waals surface area contributed by atoms with Crippen molar-refractivity contribution in [2.24, 2.45) is 0 Å². The summed E-state index contributed by atoms with van der Waals surface area (Å²) in [5.74, 6) is 0.892. The third-order valence-corrected chi connectivity index (χ3v) is 3.87. The molecule has 18 heavy (non-hydrogen) atoms. The maximum atomic E-state index is 10.0. The summed E-state index contributed by atoms with van der Waals surface area (Å²) in [5.41, 5.74) is 0.449. The summed E-state index contributed by atoms with van der Waals surface area (Å²) in [4.78, 5) is 0. The maximum Gasteiger partial charge on any atom is 0.126 e. The number of benzene rings is 1. The Bertz CT molecular complexity index is 455. The lowest BCUT2D eigenvalue weighted by atomic mass is 9.75. The molecule has 0 amide bonds. The molecule has 0 aliphatic carbocycles. The van der Waals surface area contributed by atoms with Gasteiger partial charge >= 0.3 is 0 Å². The molecular weight excluding hydrogens is 228 g/mol. The van der Waals surface area contributed by atoms with Gasteiger partial charge in [-0.05, 0) is 26.3 Å². The van der Waals surface area contributed by atoms with Gasteiger partial charge in [0.2, 0.25) is 0 Å². The average molecular weight is 248 g/mol. The predicted molar refractivity (Wildman–Crippen MR) is 68.6 cm³/mol. The van der Waals surface area contributed by atoms with Crippen molar-refractivity contribution in [3.63, 3.8) is 0 Å². The smallest absolute Gasteiger partial charge is 0.126 e. The van der Waals surface area contributed by atoms with Crippen molar-refractivity contribution < 1.29 is 14.6 Å². The van der Waals surface area contributed by atoms with Crippen molar-refractivity contribution in [2.75, 3.05) is 6.61 Å². The van der Waals surface area contributed by atoms with Gasteiger partial charge in [0.25, 0.3) is 0 Å². The molecule has 1 aromatic carbocycles. The second-order valence-electron chi connectivity index (χ2n) is 6.02. The standard InChI is InChI=1S/C15H20O3/c1-14(2)10-15(9-11(16)7-8-17-15)12-5-3-4-6-13(12)18-14/h3-6,11,16H,7-10H2,1-2H3. The van der Waals surface area contributed by atoms with Gasteiger partial charge < -0.3 is 14.6 Å². The van der Waals surface area contributed by atoms with Crippen molar-refractivity contribution in [1.29, 1.82) is 0 Å². The van der Waals surface area contributed by atoms with E-state index in [0.717, 1.165) is 24.2 Å². The van der Waals surface area contributed by atoms with Crippen LogP contribution in [0.1, 0.15) is 38.7 Å². The second kappa shape index (κ2) is 3.97. The molecule has 3 heteroatoms. The molecule has 2 atom stereocenters. The first-order chi connectivity index (χ1) is 8.51. The van der Waals surface area contributed by atoms with Crippen LogP contribution in [0.15, 0.2) is 24.3 Å². The molecule has 1 spiro atoms. The first-order valence-electron chi connectivity index (χ1n) is 6.61. The molecule has 1 fully saturated rings. The van der Waals surface area contributed by atoms with Gasteiger partial charge in [-0.25, -0.2) is 0 Å². The van der Waals surface area contributed by atoms with Crippen LogP contribution in [0.2, 0.25) is 0 Å². The summed E-state index contributed by atoms with van der Waals surface area (Å²) in [5, 5.41) is 10.0. The van der Waals surface area contributed by atoms with Crippen LogP contribution in [-0.4, -0.2) is 23.4 Å². The summed E-state index contributed by atoms with van der Waals surface area (Å²) < 4.78 is 12.1. The van der Waals surface area contributed by atoms with Gasteiger partial charge in [0.05, 0.1) is 12.7 Å². The SMILES string of the molecule is CC1(C)CC2(CC(O)CCO2)c2ccccc2O1. The first-order valence-corrected chi connectivity index (χ1v) is 6.61. The van der Waals surface area contributed by atoms with Crippen LogP contribution < -0.4 is 4.74 Å². The zero-order valence-corrected chi connectivity index (χ0v) is 11.0. The van der Waals surface area contributed by atoms with Crippen molar-refractivity contribution in [3.8, 4) is 5.75 Å². The highest BCUT2D eigenvalue weighted by atomic mass is 16.5. The lowest BCUT2D eigenvalue weighted by Gasteiger charge is -2.48. The average Bonchev–Trinajstić information content (AvgIpc) is 2.27. The lowest BCUT2D eigenvalue weighted by Crippen LogP contribution is -2.49. The first kappa shape index (κ1) is 12.0. The zero-order chi connectivity index (χ0) is 12.8. The molecule has 2 unspecified atom stereocenters. The summed E-state index contributed by atoms with van der Waals surface area (Å²) in [6.45, 7) is 4.77. The van der Waals surface area contributed by atoms with Crippen LogP contribution in [-0.2, 0) is 10.3 Å². The molecule has 1 N–H and O–H groups in total. The highest BCUT2D eigenvalue weighted by Crippen LogP contribution is 2.49. The fourth-order valence-electron chi connectivity index (χ4n) is 3.29. The van der Waals surface area contributed by atoms with Crippen LogP contribution in [0.25, 0.3) is 0 Å². The molecule has 1 aromatic rings. The van der Waals surface area contributed by atoms with E-state index in [9.17, 15) is 5.11 Å². The number of rotatable bonds is 0. The Morgan fingerprint density at radius 1 is 1.28 bits per heavy atom. The monoisotopic (exact) mass is 248 g/mol. The van der Waals surface area contributed by atoms with E-state index >= 15 is 0 Å². The van der Waals surface area contributed by atoms with Crippen LogP contribution in [0, 0.1) is 0 Å². The molecular formula is C15H20O3. The van der Waals surface area contributed by atoms with Crippen molar-refractivity contribution >= 4 is 0 Å². The van der Waals surface area contributed by atoms with E-state index in [-0.39, 0.29) is 17.3 Å². The van der Waals surface area contributed by atoms with E-state index in [0.29, 0.717) is 13.0 Å². The number of hydrogen-bond donors (Lipinski definition) is 1. The Morgan fingerprint density at radius 2 is 2.06 bits per heavy atom. The van der Waals surface area contributed by atoms with Gasteiger partial charge in [0.1, 0.15) is 17.0 Å². The van der Waals surface area contributed by atoms with Gasteiger partial charge in [0, 0.05) is 18.4 Å². The summed E-state index contributed by atoms with van der Waals surface area (Å²) in [6, 6.07) is 8.03. The Hall–Kier alpha value is -1.06. The molecule has 1 saturated heterocycles. The number of hydrogen-bond acceptors (Lipinski definition) is 3. The zero-order valence-electron chi connectivity index (χ0n) is 11.0. The molecule has 3 nitrogen and oxygen atoms in total. The van der Waals surface area contributed by atoms with Crippen LogP contribution in [0.4, 0.5) is 0 Å². The Labute approximate surface area is 108 Å². The third kappa shape index (κ3) is 1.91. The normalized spacial score (nSPS) is 33.8. The van der Waals surface area contributed by atoms with Crippen LogP contribution in [0.3, 0.4) is 0 Å². The molecule has 0 saturated carbocycles. The van der Waals surface area contributed by atoms with Crippen molar-refractivity contribution in [1.82, 2.24) is 0 Å². The molecule has 2 aliphatic heterocycles. The van der Waals surface area contributed by atoms with E-state index < -0.39 is 0 Å².